The molecule has 1 fully saturated rings. The maximum atomic E-state index is 13.5. The highest BCUT2D eigenvalue weighted by atomic mass is 19.1. The van der Waals surface area contributed by atoms with Crippen LogP contribution in [0.4, 0.5) is 4.39 Å². The predicted molar refractivity (Wildman–Crippen MR) is 62.7 cm³/mol. The van der Waals surface area contributed by atoms with Crippen molar-refractivity contribution in [2.75, 3.05) is 6.54 Å². The Labute approximate surface area is 99.4 Å². The van der Waals surface area contributed by atoms with Gasteiger partial charge in [0.2, 0.25) is 0 Å². The van der Waals surface area contributed by atoms with Crippen molar-refractivity contribution in [3.63, 3.8) is 0 Å². The van der Waals surface area contributed by atoms with Crippen LogP contribution in [0.2, 0.25) is 0 Å². The van der Waals surface area contributed by atoms with Gasteiger partial charge in [-0.1, -0.05) is 6.42 Å². The van der Waals surface area contributed by atoms with Gasteiger partial charge in [0, 0.05) is 12.0 Å². The molecule has 4 heteroatoms. The van der Waals surface area contributed by atoms with Gasteiger partial charge in [0.25, 0.3) is 0 Å². The molecule has 1 aliphatic rings. The highest BCUT2D eigenvalue weighted by Crippen LogP contribution is 2.44. The van der Waals surface area contributed by atoms with E-state index in [1.165, 1.54) is 12.1 Å². The minimum absolute atomic E-state index is 0.137. The molecule has 92 valence electrons. The van der Waals surface area contributed by atoms with Crippen LogP contribution in [0.15, 0.2) is 12.1 Å². The van der Waals surface area contributed by atoms with Crippen molar-refractivity contribution in [3.05, 3.63) is 34.6 Å². The normalized spacial score (nSPS) is 17.6. The zero-order chi connectivity index (χ0) is 12.6. The van der Waals surface area contributed by atoms with E-state index in [4.69, 9.17) is 10.8 Å². The average molecular weight is 237 g/mol. The second kappa shape index (κ2) is 4.11. The molecule has 1 aromatic carbocycles. The monoisotopic (exact) mass is 237 g/mol. The molecule has 3 N–H and O–H groups in total. The van der Waals surface area contributed by atoms with Crippen molar-refractivity contribution in [3.8, 4) is 0 Å². The van der Waals surface area contributed by atoms with E-state index in [2.05, 4.69) is 0 Å². The fraction of sp³-hybridized carbons (Fsp3) is 0.462. The summed E-state index contributed by atoms with van der Waals surface area (Å²) in [5, 5.41) is 8.94. The molecule has 2 rings (SSSR count). The molecule has 17 heavy (non-hydrogen) atoms. The van der Waals surface area contributed by atoms with Crippen LogP contribution in [-0.2, 0) is 5.41 Å². The number of nitrogens with two attached hydrogens (primary N) is 1. The maximum absolute atomic E-state index is 13.5. The van der Waals surface area contributed by atoms with E-state index >= 15 is 0 Å². The Kier molecular flexibility index (Phi) is 2.91. The smallest absolute Gasteiger partial charge is 0.338 e. The molecule has 0 saturated heterocycles. The lowest BCUT2D eigenvalue weighted by atomic mass is 9.63. The lowest BCUT2D eigenvalue weighted by Gasteiger charge is -2.42. The minimum atomic E-state index is -1.23. The molecule has 1 aromatic rings. The first kappa shape index (κ1) is 12.0. The fourth-order valence-electron chi connectivity index (χ4n) is 2.59. The van der Waals surface area contributed by atoms with E-state index in [0.29, 0.717) is 6.54 Å². The molecule has 0 radical (unpaired) electrons. The van der Waals surface area contributed by atoms with Gasteiger partial charge in [-0.25, -0.2) is 9.18 Å². The van der Waals surface area contributed by atoms with Crippen LogP contribution >= 0.6 is 0 Å². The number of carboxylic acids is 1. The summed E-state index contributed by atoms with van der Waals surface area (Å²) in [5.41, 5.74) is 7.08. The molecule has 0 bridgehead atoms. The van der Waals surface area contributed by atoms with Gasteiger partial charge in [-0.15, -0.1) is 0 Å². The van der Waals surface area contributed by atoms with Crippen LogP contribution in [0, 0.1) is 12.7 Å². The highest BCUT2D eigenvalue weighted by molar-refractivity contribution is 5.88. The second-order valence-electron chi connectivity index (χ2n) is 4.79. The summed E-state index contributed by atoms with van der Waals surface area (Å²) in [6.45, 7) is 2.29. The van der Waals surface area contributed by atoms with Gasteiger partial charge in [-0.3, -0.25) is 0 Å². The van der Waals surface area contributed by atoms with Crippen LogP contribution < -0.4 is 5.73 Å². The summed E-state index contributed by atoms with van der Waals surface area (Å²) < 4.78 is 13.5. The fourth-order valence-corrected chi connectivity index (χ4v) is 2.59. The lowest BCUT2D eigenvalue weighted by molar-refractivity contribution is 0.0691. The predicted octanol–water partition coefficient (Wildman–Crippen LogP) is 2.21. The summed E-state index contributed by atoms with van der Waals surface area (Å²) in [7, 11) is 0. The lowest BCUT2D eigenvalue weighted by Crippen LogP contribution is -2.42. The third-order valence-electron chi connectivity index (χ3n) is 3.82. The standard InChI is InChI=1S/C13H16FNO2/c1-8-5-11(14)9(12(16)17)6-10(8)13(7-15)3-2-4-13/h5-6H,2-4,7,15H2,1H3,(H,16,17). The summed E-state index contributed by atoms with van der Waals surface area (Å²) >= 11 is 0. The van der Waals surface area contributed by atoms with Crippen LogP contribution in [0.5, 0.6) is 0 Å². The van der Waals surface area contributed by atoms with Gasteiger partial charge < -0.3 is 10.8 Å². The van der Waals surface area contributed by atoms with Gasteiger partial charge in [0.05, 0.1) is 5.56 Å². The van der Waals surface area contributed by atoms with E-state index in [1.807, 2.05) is 0 Å². The zero-order valence-electron chi connectivity index (χ0n) is 9.79. The van der Waals surface area contributed by atoms with E-state index in [9.17, 15) is 9.18 Å². The molecule has 0 spiro atoms. The van der Waals surface area contributed by atoms with Crippen molar-refractivity contribution in [1.29, 1.82) is 0 Å². The van der Waals surface area contributed by atoms with Crippen LogP contribution in [0.1, 0.15) is 40.7 Å². The molecule has 3 nitrogen and oxygen atoms in total. The maximum Gasteiger partial charge on any atom is 0.338 e. The number of aromatic carboxylic acids is 1. The summed E-state index contributed by atoms with van der Waals surface area (Å²) in [6.07, 6.45) is 3.00. The number of hydrogen-bond acceptors (Lipinski definition) is 2. The van der Waals surface area contributed by atoms with Crippen LogP contribution in [-0.4, -0.2) is 17.6 Å². The molecule has 0 aromatic heterocycles. The Balaban J connectivity index is 2.54. The van der Waals surface area contributed by atoms with Gasteiger partial charge in [0.1, 0.15) is 5.82 Å². The van der Waals surface area contributed by atoms with Gasteiger partial charge in [-0.2, -0.15) is 0 Å². The molecule has 1 aliphatic carbocycles. The Morgan fingerprint density at radius 3 is 2.59 bits per heavy atom. The van der Waals surface area contributed by atoms with E-state index < -0.39 is 11.8 Å². The first-order valence-electron chi connectivity index (χ1n) is 5.74. The van der Waals surface area contributed by atoms with Crippen molar-refractivity contribution in [2.24, 2.45) is 5.73 Å². The largest absolute Gasteiger partial charge is 0.478 e. The number of halogens is 1. The first-order chi connectivity index (χ1) is 8.00. The van der Waals surface area contributed by atoms with Crippen LogP contribution in [0.3, 0.4) is 0 Å². The number of benzene rings is 1. The topological polar surface area (TPSA) is 63.3 Å². The molecule has 0 amide bonds. The Hall–Kier alpha value is -1.42. The summed E-state index contributed by atoms with van der Waals surface area (Å²) in [4.78, 5) is 10.9. The van der Waals surface area contributed by atoms with Gasteiger partial charge in [0.15, 0.2) is 0 Å². The summed E-state index contributed by atoms with van der Waals surface area (Å²) in [6, 6.07) is 2.76. The molecule has 0 atom stereocenters. The average Bonchev–Trinajstić information content (AvgIpc) is 2.19. The SMILES string of the molecule is Cc1cc(F)c(C(=O)O)cc1C1(CN)CCC1. The number of carboxylic acid groups (broad SMARTS) is 1. The Bertz CT molecular complexity index is 461. The van der Waals surface area contributed by atoms with E-state index in [-0.39, 0.29) is 11.0 Å². The summed E-state index contributed by atoms with van der Waals surface area (Å²) in [5.74, 6) is -1.90. The van der Waals surface area contributed by atoms with Gasteiger partial charge >= 0.3 is 5.97 Å². The Morgan fingerprint density at radius 2 is 2.18 bits per heavy atom. The molecule has 1 saturated carbocycles. The van der Waals surface area contributed by atoms with Gasteiger partial charge in [-0.05, 0) is 43.0 Å². The zero-order valence-corrected chi connectivity index (χ0v) is 9.79. The molecule has 0 heterocycles. The van der Waals surface area contributed by atoms with E-state index in [1.54, 1.807) is 6.92 Å². The number of carbonyl (C=O) groups is 1. The third kappa shape index (κ3) is 1.82. The number of hydrogen-bond donors (Lipinski definition) is 2. The number of aryl methyl sites for hydroxylation is 1. The highest BCUT2D eigenvalue weighted by Gasteiger charge is 2.39. The Morgan fingerprint density at radius 1 is 1.53 bits per heavy atom. The van der Waals surface area contributed by atoms with Crippen molar-refractivity contribution < 1.29 is 14.3 Å². The first-order valence-corrected chi connectivity index (χ1v) is 5.74. The minimum Gasteiger partial charge on any atom is -0.478 e. The van der Waals surface area contributed by atoms with Crippen molar-refractivity contribution >= 4 is 5.97 Å². The van der Waals surface area contributed by atoms with Crippen molar-refractivity contribution in [2.45, 2.75) is 31.6 Å². The van der Waals surface area contributed by atoms with Crippen molar-refractivity contribution in [1.82, 2.24) is 0 Å². The third-order valence-corrected chi connectivity index (χ3v) is 3.82. The second-order valence-corrected chi connectivity index (χ2v) is 4.79. The van der Waals surface area contributed by atoms with E-state index in [0.717, 1.165) is 30.4 Å². The molecule has 0 unspecified atom stereocenters. The molecular formula is C13H16FNO2. The molecule has 0 aliphatic heterocycles. The number of rotatable bonds is 3. The van der Waals surface area contributed by atoms with Crippen LogP contribution in [0.25, 0.3) is 0 Å². The molecular weight excluding hydrogens is 221 g/mol. The quantitative estimate of drug-likeness (QED) is 0.847.